The number of amides is 1. The summed E-state index contributed by atoms with van der Waals surface area (Å²) < 4.78 is 0. The van der Waals surface area contributed by atoms with Crippen LogP contribution < -0.4 is 5.32 Å². The van der Waals surface area contributed by atoms with Crippen molar-refractivity contribution in [2.75, 3.05) is 6.54 Å². The van der Waals surface area contributed by atoms with Gasteiger partial charge in [-0.25, -0.2) is 4.79 Å². The highest BCUT2D eigenvalue weighted by Crippen LogP contribution is 2.43. The quantitative estimate of drug-likeness (QED) is 0.741. The third kappa shape index (κ3) is 4.04. The van der Waals surface area contributed by atoms with Crippen molar-refractivity contribution in [3.63, 3.8) is 0 Å². The Morgan fingerprint density at radius 2 is 1.90 bits per heavy atom. The first-order chi connectivity index (χ1) is 9.88. The lowest BCUT2D eigenvalue weighted by atomic mass is 9.70. The van der Waals surface area contributed by atoms with Crippen LogP contribution in [0.3, 0.4) is 0 Å². The largest absolute Gasteiger partial charge is 0.479 e. The Morgan fingerprint density at radius 1 is 1.29 bits per heavy atom. The molecule has 1 saturated carbocycles. The number of carbonyl (C=O) groups is 2. The van der Waals surface area contributed by atoms with E-state index in [1.54, 1.807) is 0 Å². The van der Waals surface area contributed by atoms with Gasteiger partial charge >= 0.3 is 5.97 Å². The maximum Gasteiger partial charge on any atom is 0.337 e. The van der Waals surface area contributed by atoms with Gasteiger partial charge in [-0.15, -0.1) is 0 Å². The van der Waals surface area contributed by atoms with Crippen LogP contribution in [0.15, 0.2) is 30.3 Å². The van der Waals surface area contributed by atoms with E-state index in [-0.39, 0.29) is 12.5 Å². The number of rotatable bonds is 6. The smallest absolute Gasteiger partial charge is 0.337 e. The van der Waals surface area contributed by atoms with Gasteiger partial charge in [-0.05, 0) is 37.2 Å². The van der Waals surface area contributed by atoms with Gasteiger partial charge in [0.15, 0.2) is 5.60 Å². The normalized spacial score (nSPS) is 23.7. The molecule has 5 heteroatoms. The van der Waals surface area contributed by atoms with E-state index in [9.17, 15) is 14.7 Å². The Kier molecular flexibility index (Phi) is 4.63. The van der Waals surface area contributed by atoms with Gasteiger partial charge in [0.05, 0.1) is 6.54 Å². The molecule has 1 unspecified atom stereocenters. The lowest BCUT2D eigenvalue weighted by Gasteiger charge is -2.35. The number of carbonyl (C=O) groups excluding carboxylic acids is 1. The van der Waals surface area contributed by atoms with Crippen molar-refractivity contribution in [1.29, 1.82) is 0 Å². The van der Waals surface area contributed by atoms with Crippen molar-refractivity contribution >= 4 is 11.9 Å². The molecule has 3 N–H and O–H groups in total. The van der Waals surface area contributed by atoms with Gasteiger partial charge in [-0.2, -0.15) is 0 Å². The molecule has 0 aromatic heterocycles. The molecule has 1 atom stereocenters. The third-order valence-corrected chi connectivity index (χ3v) is 4.07. The fourth-order valence-corrected chi connectivity index (χ4v) is 2.58. The summed E-state index contributed by atoms with van der Waals surface area (Å²) in [5.41, 5.74) is -0.607. The highest BCUT2D eigenvalue weighted by Gasteiger charge is 2.33. The molecule has 1 aromatic rings. The summed E-state index contributed by atoms with van der Waals surface area (Å²) in [5.74, 6) is -0.681. The topological polar surface area (TPSA) is 86.6 Å². The summed E-state index contributed by atoms with van der Waals surface area (Å²) in [6.45, 7) is 0.903. The number of carboxylic acids is 1. The molecule has 1 aromatic carbocycles. The number of carboxylic acid groups (broad SMARTS) is 1. The molecule has 0 bridgehead atoms. The van der Waals surface area contributed by atoms with E-state index >= 15 is 0 Å². The van der Waals surface area contributed by atoms with Crippen LogP contribution in [0.1, 0.15) is 37.7 Å². The molecular weight excluding hydrogens is 270 g/mol. The van der Waals surface area contributed by atoms with Crippen molar-refractivity contribution in [1.82, 2.24) is 5.32 Å². The Balaban J connectivity index is 1.70. The highest BCUT2D eigenvalue weighted by molar-refractivity contribution is 5.80. The van der Waals surface area contributed by atoms with Gasteiger partial charge in [0.1, 0.15) is 0 Å². The average Bonchev–Trinajstić information content (AvgIpc) is 2.41. The zero-order chi connectivity index (χ0) is 15.5. The van der Waals surface area contributed by atoms with Crippen LogP contribution in [-0.4, -0.2) is 34.2 Å². The van der Waals surface area contributed by atoms with Crippen LogP contribution in [-0.2, 0) is 9.59 Å². The van der Waals surface area contributed by atoms with Crippen LogP contribution >= 0.6 is 0 Å². The van der Waals surface area contributed by atoms with Crippen molar-refractivity contribution in [2.45, 2.75) is 37.7 Å². The Labute approximate surface area is 124 Å². The molecule has 2 rings (SSSR count). The van der Waals surface area contributed by atoms with Crippen LogP contribution in [0.5, 0.6) is 0 Å². The predicted octanol–water partition coefficient (Wildman–Crippen LogP) is 1.52. The van der Waals surface area contributed by atoms with E-state index < -0.39 is 11.6 Å². The van der Waals surface area contributed by atoms with E-state index in [1.807, 2.05) is 18.2 Å². The van der Waals surface area contributed by atoms with E-state index in [4.69, 9.17) is 5.11 Å². The first kappa shape index (κ1) is 15.5. The van der Waals surface area contributed by atoms with Gasteiger partial charge in [0.25, 0.3) is 0 Å². The summed E-state index contributed by atoms with van der Waals surface area (Å²) in [4.78, 5) is 22.5. The first-order valence-corrected chi connectivity index (χ1v) is 7.16. The van der Waals surface area contributed by atoms with Gasteiger partial charge in [-0.1, -0.05) is 30.3 Å². The summed E-state index contributed by atoms with van der Waals surface area (Å²) in [5, 5.41) is 20.8. The second-order valence-corrected chi connectivity index (χ2v) is 6.00. The molecule has 5 nitrogen and oxygen atoms in total. The van der Waals surface area contributed by atoms with Crippen molar-refractivity contribution < 1.29 is 19.8 Å². The minimum atomic E-state index is -1.91. The molecule has 0 aliphatic heterocycles. The van der Waals surface area contributed by atoms with Gasteiger partial charge < -0.3 is 15.5 Å². The van der Waals surface area contributed by atoms with Gasteiger partial charge in [0, 0.05) is 6.42 Å². The zero-order valence-corrected chi connectivity index (χ0v) is 12.1. The molecule has 0 radical (unpaired) electrons. The third-order valence-electron chi connectivity index (χ3n) is 4.07. The monoisotopic (exact) mass is 291 g/mol. The lowest BCUT2D eigenvalue weighted by Crippen LogP contribution is -2.47. The molecule has 0 saturated heterocycles. The second-order valence-electron chi connectivity index (χ2n) is 6.00. The lowest BCUT2D eigenvalue weighted by molar-refractivity contribution is -0.156. The molecule has 1 amide bonds. The number of hydrogen-bond donors (Lipinski definition) is 3. The van der Waals surface area contributed by atoms with E-state index in [0.29, 0.717) is 18.3 Å². The highest BCUT2D eigenvalue weighted by atomic mass is 16.4. The molecule has 114 valence electrons. The Hall–Kier alpha value is -1.88. The number of hydrogen-bond acceptors (Lipinski definition) is 3. The van der Waals surface area contributed by atoms with E-state index in [0.717, 1.165) is 12.8 Å². The maximum absolute atomic E-state index is 11.7. The van der Waals surface area contributed by atoms with Crippen LogP contribution in [0.25, 0.3) is 0 Å². The van der Waals surface area contributed by atoms with Crippen LogP contribution in [0, 0.1) is 5.92 Å². The van der Waals surface area contributed by atoms with Crippen molar-refractivity contribution in [3.8, 4) is 0 Å². The fourth-order valence-electron chi connectivity index (χ4n) is 2.58. The maximum atomic E-state index is 11.7. The number of benzene rings is 1. The number of aliphatic carboxylic acids is 1. The van der Waals surface area contributed by atoms with E-state index in [2.05, 4.69) is 17.4 Å². The predicted molar refractivity (Wildman–Crippen MR) is 77.8 cm³/mol. The van der Waals surface area contributed by atoms with Crippen LogP contribution in [0.2, 0.25) is 0 Å². The Bertz CT molecular complexity index is 506. The molecular formula is C16H21NO4. The summed E-state index contributed by atoms with van der Waals surface area (Å²) in [6.07, 6.45) is 2.35. The molecule has 1 aliphatic carbocycles. The van der Waals surface area contributed by atoms with Crippen LogP contribution in [0.4, 0.5) is 0 Å². The van der Waals surface area contributed by atoms with Gasteiger partial charge in [-0.3, -0.25) is 4.79 Å². The molecule has 0 heterocycles. The van der Waals surface area contributed by atoms with Crippen molar-refractivity contribution in [2.24, 2.45) is 5.92 Å². The standard InChI is InChI=1S/C16H21NO4/c1-16(21,15(19)20)10-17-14(18)9-11-7-13(8-11)12-5-3-2-4-6-12/h2-6,11,13,21H,7-10H2,1H3,(H,17,18)(H,19,20). The van der Waals surface area contributed by atoms with E-state index in [1.165, 1.54) is 12.5 Å². The SMILES string of the molecule is CC(O)(CNC(=O)CC1CC(c2ccccc2)C1)C(=O)O. The number of aliphatic hydroxyl groups is 1. The van der Waals surface area contributed by atoms with Crippen molar-refractivity contribution in [3.05, 3.63) is 35.9 Å². The second kappa shape index (κ2) is 6.26. The van der Waals surface area contributed by atoms with Gasteiger partial charge in [0.2, 0.25) is 5.91 Å². The number of nitrogens with one attached hydrogen (secondary N) is 1. The first-order valence-electron chi connectivity index (χ1n) is 7.16. The average molecular weight is 291 g/mol. The minimum Gasteiger partial charge on any atom is -0.479 e. The zero-order valence-electron chi connectivity index (χ0n) is 12.1. The molecule has 1 aliphatic rings. The molecule has 21 heavy (non-hydrogen) atoms. The molecule has 0 spiro atoms. The summed E-state index contributed by atoms with van der Waals surface area (Å²) in [6, 6.07) is 10.2. The summed E-state index contributed by atoms with van der Waals surface area (Å²) >= 11 is 0. The fraction of sp³-hybridized carbons (Fsp3) is 0.500. The minimum absolute atomic E-state index is 0.201. The molecule has 1 fully saturated rings. The Morgan fingerprint density at radius 3 is 2.48 bits per heavy atom. The summed E-state index contributed by atoms with van der Waals surface area (Å²) in [7, 11) is 0.